The number of nitrogens with zero attached hydrogens (tertiary/aromatic N) is 2. The van der Waals surface area contributed by atoms with Crippen molar-refractivity contribution in [2.75, 3.05) is 44.7 Å². The van der Waals surface area contributed by atoms with Crippen LogP contribution in [0.25, 0.3) is 0 Å². The van der Waals surface area contributed by atoms with Crippen LogP contribution in [-0.4, -0.2) is 49.3 Å². The Morgan fingerprint density at radius 2 is 2.17 bits per heavy atom. The van der Waals surface area contributed by atoms with E-state index in [-0.39, 0.29) is 0 Å². The van der Waals surface area contributed by atoms with Crippen molar-refractivity contribution >= 4 is 5.82 Å². The number of ether oxygens (including phenoxy) is 1. The van der Waals surface area contributed by atoms with Crippen molar-refractivity contribution in [3.05, 3.63) is 23.9 Å². The van der Waals surface area contributed by atoms with Crippen LogP contribution in [0.1, 0.15) is 12.6 Å². The van der Waals surface area contributed by atoms with Crippen molar-refractivity contribution in [2.24, 2.45) is 5.92 Å². The highest BCUT2D eigenvalue weighted by Crippen LogP contribution is 2.07. The number of aromatic nitrogens is 1. The van der Waals surface area contributed by atoms with Gasteiger partial charge in [0.2, 0.25) is 0 Å². The van der Waals surface area contributed by atoms with Gasteiger partial charge in [-0.1, -0.05) is 13.0 Å². The van der Waals surface area contributed by atoms with Gasteiger partial charge in [0.15, 0.2) is 0 Å². The molecular formula is C14H23N3O. The zero-order chi connectivity index (χ0) is 12.8. The zero-order valence-electron chi connectivity index (χ0n) is 11.4. The van der Waals surface area contributed by atoms with Crippen molar-refractivity contribution in [3.63, 3.8) is 0 Å². The van der Waals surface area contributed by atoms with Crippen molar-refractivity contribution in [2.45, 2.75) is 13.8 Å². The topological polar surface area (TPSA) is 37.4 Å². The maximum atomic E-state index is 5.36. The molecular weight excluding hydrogens is 226 g/mol. The molecule has 0 spiro atoms. The third-order valence-electron chi connectivity index (χ3n) is 3.19. The van der Waals surface area contributed by atoms with Crippen LogP contribution in [0.15, 0.2) is 18.2 Å². The van der Waals surface area contributed by atoms with Gasteiger partial charge in [0.1, 0.15) is 5.82 Å². The lowest BCUT2D eigenvalue weighted by Gasteiger charge is -2.29. The van der Waals surface area contributed by atoms with Gasteiger partial charge in [0, 0.05) is 31.9 Å². The molecule has 0 aliphatic carbocycles. The SMILES string of the molecule is Cc1cccc(NC[C@H](C)CN2CCOCC2)n1. The summed E-state index contributed by atoms with van der Waals surface area (Å²) < 4.78 is 5.36. The van der Waals surface area contributed by atoms with Crippen LogP contribution in [0.4, 0.5) is 5.82 Å². The first-order valence-electron chi connectivity index (χ1n) is 6.71. The molecule has 100 valence electrons. The smallest absolute Gasteiger partial charge is 0.126 e. The Bertz CT molecular complexity index is 364. The maximum absolute atomic E-state index is 5.36. The third kappa shape index (κ3) is 4.27. The van der Waals surface area contributed by atoms with E-state index in [4.69, 9.17) is 4.74 Å². The lowest BCUT2D eigenvalue weighted by atomic mass is 10.1. The minimum Gasteiger partial charge on any atom is -0.379 e. The molecule has 1 fully saturated rings. The van der Waals surface area contributed by atoms with Crippen molar-refractivity contribution in [1.29, 1.82) is 0 Å². The van der Waals surface area contributed by atoms with Crippen molar-refractivity contribution in [1.82, 2.24) is 9.88 Å². The Labute approximate surface area is 109 Å². The lowest BCUT2D eigenvalue weighted by Crippen LogP contribution is -2.40. The average Bonchev–Trinajstić information content (AvgIpc) is 2.38. The fraction of sp³-hybridized carbons (Fsp3) is 0.643. The molecule has 0 bridgehead atoms. The lowest BCUT2D eigenvalue weighted by molar-refractivity contribution is 0.0325. The summed E-state index contributed by atoms with van der Waals surface area (Å²) in [5, 5.41) is 3.41. The third-order valence-corrected chi connectivity index (χ3v) is 3.19. The van der Waals surface area contributed by atoms with Crippen LogP contribution in [0.5, 0.6) is 0 Å². The summed E-state index contributed by atoms with van der Waals surface area (Å²) in [5.74, 6) is 1.59. The van der Waals surface area contributed by atoms with Crippen LogP contribution >= 0.6 is 0 Å². The van der Waals surface area contributed by atoms with Gasteiger partial charge in [0.25, 0.3) is 0 Å². The van der Waals surface area contributed by atoms with Crippen molar-refractivity contribution in [3.8, 4) is 0 Å². The molecule has 1 N–H and O–H groups in total. The van der Waals surface area contributed by atoms with E-state index < -0.39 is 0 Å². The first-order valence-corrected chi connectivity index (χ1v) is 6.71. The summed E-state index contributed by atoms with van der Waals surface area (Å²) in [6.45, 7) is 10.3. The fourth-order valence-electron chi connectivity index (χ4n) is 2.21. The van der Waals surface area contributed by atoms with E-state index in [1.807, 2.05) is 25.1 Å². The van der Waals surface area contributed by atoms with Gasteiger partial charge in [-0.3, -0.25) is 4.90 Å². The highest BCUT2D eigenvalue weighted by atomic mass is 16.5. The average molecular weight is 249 g/mol. The number of hydrogen-bond acceptors (Lipinski definition) is 4. The molecule has 1 aliphatic heterocycles. The number of hydrogen-bond donors (Lipinski definition) is 1. The molecule has 18 heavy (non-hydrogen) atoms. The standard InChI is InChI=1S/C14H23N3O/c1-12(11-17-6-8-18-9-7-17)10-15-14-5-3-4-13(2)16-14/h3-5,12H,6-11H2,1-2H3,(H,15,16)/t12-/m0/s1. The van der Waals surface area contributed by atoms with Gasteiger partial charge >= 0.3 is 0 Å². The molecule has 0 amide bonds. The van der Waals surface area contributed by atoms with Gasteiger partial charge in [-0.2, -0.15) is 0 Å². The summed E-state index contributed by atoms with van der Waals surface area (Å²) >= 11 is 0. The molecule has 0 aromatic carbocycles. The van der Waals surface area contributed by atoms with E-state index in [1.165, 1.54) is 0 Å². The molecule has 2 rings (SSSR count). The van der Waals surface area contributed by atoms with E-state index in [9.17, 15) is 0 Å². The second-order valence-electron chi connectivity index (χ2n) is 5.06. The summed E-state index contributed by atoms with van der Waals surface area (Å²) in [7, 11) is 0. The summed E-state index contributed by atoms with van der Waals surface area (Å²) in [4.78, 5) is 6.92. The summed E-state index contributed by atoms with van der Waals surface area (Å²) in [5.41, 5.74) is 1.06. The number of pyridine rings is 1. The monoisotopic (exact) mass is 249 g/mol. The van der Waals surface area contributed by atoms with Gasteiger partial charge < -0.3 is 10.1 Å². The fourth-order valence-corrected chi connectivity index (χ4v) is 2.21. The molecule has 0 unspecified atom stereocenters. The quantitative estimate of drug-likeness (QED) is 0.863. The predicted octanol–water partition coefficient (Wildman–Crippen LogP) is 1.77. The number of nitrogens with one attached hydrogen (secondary N) is 1. The van der Waals surface area contributed by atoms with Gasteiger partial charge in [-0.25, -0.2) is 4.98 Å². The van der Waals surface area contributed by atoms with Crippen LogP contribution in [0, 0.1) is 12.8 Å². The van der Waals surface area contributed by atoms with E-state index >= 15 is 0 Å². The molecule has 4 nitrogen and oxygen atoms in total. The minimum absolute atomic E-state index is 0.616. The van der Waals surface area contributed by atoms with Crippen LogP contribution in [-0.2, 0) is 4.74 Å². The molecule has 0 saturated carbocycles. The molecule has 1 aliphatic rings. The number of aryl methyl sites for hydroxylation is 1. The molecule has 1 aromatic rings. The molecule has 1 aromatic heterocycles. The second kappa shape index (κ2) is 6.71. The van der Waals surface area contributed by atoms with E-state index in [2.05, 4.69) is 22.1 Å². The van der Waals surface area contributed by atoms with E-state index in [0.717, 1.165) is 50.9 Å². The first-order chi connectivity index (χ1) is 8.74. The molecule has 2 heterocycles. The Morgan fingerprint density at radius 3 is 2.89 bits per heavy atom. The van der Waals surface area contributed by atoms with E-state index in [1.54, 1.807) is 0 Å². The Morgan fingerprint density at radius 1 is 1.39 bits per heavy atom. The first kappa shape index (κ1) is 13.3. The molecule has 0 radical (unpaired) electrons. The van der Waals surface area contributed by atoms with Crippen LogP contribution in [0.3, 0.4) is 0 Å². The minimum atomic E-state index is 0.616. The van der Waals surface area contributed by atoms with Gasteiger partial charge in [-0.05, 0) is 25.0 Å². The molecule has 1 atom stereocenters. The summed E-state index contributed by atoms with van der Waals surface area (Å²) in [6, 6.07) is 6.08. The summed E-state index contributed by atoms with van der Waals surface area (Å²) in [6.07, 6.45) is 0. The number of rotatable bonds is 5. The number of anilines is 1. The number of morpholine rings is 1. The normalized spacial score (nSPS) is 18.6. The molecule has 1 saturated heterocycles. The highest BCUT2D eigenvalue weighted by Gasteiger charge is 2.13. The van der Waals surface area contributed by atoms with Crippen LogP contribution in [0.2, 0.25) is 0 Å². The van der Waals surface area contributed by atoms with Gasteiger partial charge in [0.05, 0.1) is 13.2 Å². The second-order valence-corrected chi connectivity index (χ2v) is 5.06. The predicted molar refractivity (Wildman–Crippen MR) is 73.9 cm³/mol. The van der Waals surface area contributed by atoms with E-state index in [0.29, 0.717) is 5.92 Å². The Balaban J connectivity index is 1.72. The van der Waals surface area contributed by atoms with Crippen molar-refractivity contribution < 1.29 is 4.74 Å². The highest BCUT2D eigenvalue weighted by molar-refractivity contribution is 5.34. The van der Waals surface area contributed by atoms with Gasteiger partial charge in [-0.15, -0.1) is 0 Å². The Kier molecular flexibility index (Phi) is 4.96. The van der Waals surface area contributed by atoms with Crippen LogP contribution < -0.4 is 5.32 Å². The Hall–Kier alpha value is -1.13. The molecule has 4 heteroatoms. The largest absolute Gasteiger partial charge is 0.379 e. The maximum Gasteiger partial charge on any atom is 0.126 e. The zero-order valence-corrected chi connectivity index (χ0v) is 11.4.